The van der Waals surface area contributed by atoms with E-state index in [1.54, 1.807) is 18.3 Å². The van der Waals surface area contributed by atoms with Crippen molar-refractivity contribution in [1.29, 1.82) is 0 Å². The molecule has 2 saturated heterocycles. The number of aromatic hydroxyl groups is 1. The smallest absolute Gasteiger partial charge is 0.165 e. The van der Waals surface area contributed by atoms with Crippen molar-refractivity contribution in [2.45, 2.75) is 25.8 Å². The van der Waals surface area contributed by atoms with Crippen molar-refractivity contribution < 1.29 is 9.90 Å². The van der Waals surface area contributed by atoms with E-state index in [0.29, 0.717) is 23.5 Å². The molecule has 8 rings (SSSR count). The Bertz CT molecular complexity index is 2110. The first-order chi connectivity index (χ1) is 23.5. The summed E-state index contributed by atoms with van der Waals surface area (Å²) in [6, 6.07) is 32.1. The molecule has 240 valence electrons. The van der Waals surface area contributed by atoms with Gasteiger partial charge in [-0.3, -0.25) is 14.3 Å². The molecule has 3 aromatic carbocycles. The Morgan fingerprint density at radius 1 is 0.854 bits per heavy atom. The highest BCUT2D eigenvalue weighted by Crippen LogP contribution is 2.41. The fourth-order valence-electron chi connectivity index (χ4n) is 7.52. The van der Waals surface area contributed by atoms with Gasteiger partial charge in [0.1, 0.15) is 17.1 Å². The number of hydrogen-bond donors (Lipinski definition) is 2. The Morgan fingerprint density at radius 2 is 1.69 bits per heavy atom. The van der Waals surface area contributed by atoms with Gasteiger partial charge >= 0.3 is 0 Å². The van der Waals surface area contributed by atoms with Crippen LogP contribution in [0, 0.1) is 5.41 Å². The van der Waals surface area contributed by atoms with Crippen molar-refractivity contribution in [2.75, 3.05) is 36.8 Å². The van der Waals surface area contributed by atoms with E-state index in [2.05, 4.69) is 55.7 Å². The van der Waals surface area contributed by atoms with Crippen LogP contribution in [0.2, 0.25) is 0 Å². The molecule has 0 saturated carbocycles. The van der Waals surface area contributed by atoms with Crippen LogP contribution in [-0.2, 0) is 6.54 Å². The maximum absolute atomic E-state index is 11.2. The van der Waals surface area contributed by atoms with Crippen molar-refractivity contribution in [3.8, 4) is 34.1 Å². The van der Waals surface area contributed by atoms with E-state index in [1.807, 2.05) is 48.5 Å². The van der Waals surface area contributed by atoms with Crippen LogP contribution in [0.3, 0.4) is 0 Å². The van der Waals surface area contributed by atoms with E-state index in [-0.39, 0.29) is 11.2 Å². The number of likely N-dealkylation sites (tertiary alicyclic amines) is 1. The number of carbonyl (C=O) groups excluding carboxylic acids is 1. The first-order valence-corrected chi connectivity index (χ1v) is 16.5. The lowest BCUT2D eigenvalue weighted by atomic mass is 9.79. The van der Waals surface area contributed by atoms with Gasteiger partial charge in [0.2, 0.25) is 0 Å². The highest BCUT2D eigenvalue weighted by Gasteiger charge is 2.41. The number of rotatable bonds is 7. The van der Waals surface area contributed by atoms with Gasteiger partial charge in [0, 0.05) is 60.8 Å². The van der Waals surface area contributed by atoms with E-state index in [9.17, 15) is 9.90 Å². The number of imidazole rings is 1. The fraction of sp³-hybridized carbons (Fsp3) is 0.231. The lowest BCUT2D eigenvalue weighted by molar-refractivity contribution is 0.112. The minimum atomic E-state index is 0.0470. The number of nitrogens with zero attached hydrogens (tertiary/aromatic N) is 6. The lowest BCUT2D eigenvalue weighted by Gasteiger charge is -2.42. The average Bonchev–Trinajstić information content (AvgIpc) is 3.69. The van der Waals surface area contributed by atoms with Crippen LogP contribution in [0.4, 0.5) is 11.5 Å². The molecule has 0 bridgehead atoms. The molecule has 1 atom stereocenters. The van der Waals surface area contributed by atoms with Crippen molar-refractivity contribution in [3.63, 3.8) is 0 Å². The monoisotopic (exact) mass is 635 g/mol. The summed E-state index contributed by atoms with van der Waals surface area (Å²) in [5, 5.41) is 10.3. The normalized spacial score (nSPS) is 18.1. The average molecular weight is 636 g/mol. The van der Waals surface area contributed by atoms with Crippen LogP contribution >= 0.6 is 0 Å². The molecule has 2 aliphatic rings. The van der Waals surface area contributed by atoms with Gasteiger partial charge in [0.05, 0.1) is 16.8 Å². The largest absolute Gasteiger partial charge is 0.507 e. The van der Waals surface area contributed by atoms with E-state index < -0.39 is 0 Å². The zero-order chi connectivity index (χ0) is 32.7. The molecule has 9 nitrogen and oxygen atoms in total. The second-order valence-electron chi connectivity index (χ2n) is 13.1. The summed E-state index contributed by atoms with van der Waals surface area (Å²) in [5.41, 5.74) is 14.3. The lowest BCUT2D eigenvalue weighted by Crippen LogP contribution is -2.44. The third-order valence-electron chi connectivity index (χ3n) is 9.94. The molecular weight excluding hydrogens is 598 g/mol. The van der Waals surface area contributed by atoms with Gasteiger partial charge in [-0.15, -0.1) is 0 Å². The molecule has 2 aliphatic heterocycles. The van der Waals surface area contributed by atoms with E-state index in [1.165, 1.54) is 12.0 Å². The Labute approximate surface area is 279 Å². The van der Waals surface area contributed by atoms with E-state index in [4.69, 9.17) is 15.7 Å². The Kier molecular flexibility index (Phi) is 7.61. The number of pyridine rings is 2. The number of carbonyl (C=O) groups is 1. The van der Waals surface area contributed by atoms with Gasteiger partial charge < -0.3 is 15.7 Å². The third-order valence-corrected chi connectivity index (χ3v) is 9.94. The van der Waals surface area contributed by atoms with E-state index >= 15 is 0 Å². The minimum Gasteiger partial charge on any atom is -0.507 e. The van der Waals surface area contributed by atoms with Crippen LogP contribution in [0.15, 0.2) is 103 Å². The van der Waals surface area contributed by atoms with Crippen molar-refractivity contribution in [3.05, 3.63) is 114 Å². The summed E-state index contributed by atoms with van der Waals surface area (Å²) >= 11 is 0. The second-order valence-corrected chi connectivity index (χ2v) is 13.1. The summed E-state index contributed by atoms with van der Waals surface area (Å²) in [6.45, 7) is 4.87. The number of anilines is 2. The molecule has 5 heterocycles. The zero-order valence-electron chi connectivity index (χ0n) is 26.7. The number of phenolic OH excluding ortho intramolecular Hbond substituents is 1. The SMILES string of the molecule is Nc1ncccc1-c1nc2ccc(-c3ccccc3)nc2n1-c1ccc(CN2CCC3(CCCN(c4ccc(C=O)c(O)c4)C3)C2)cc1. The molecule has 1 spiro atoms. The molecule has 1 unspecified atom stereocenters. The predicted octanol–water partition coefficient (Wildman–Crippen LogP) is 6.74. The van der Waals surface area contributed by atoms with Crippen LogP contribution in [0.1, 0.15) is 35.2 Å². The Hall–Kier alpha value is -5.54. The number of benzene rings is 3. The zero-order valence-corrected chi connectivity index (χ0v) is 26.7. The number of fused-ring (bicyclic) bond motifs is 1. The first-order valence-electron chi connectivity index (χ1n) is 16.5. The summed E-state index contributed by atoms with van der Waals surface area (Å²) in [5.74, 6) is 1.18. The summed E-state index contributed by atoms with van der Waals surface area (Å²) in [6.07, 6.45) is 5.84. The van der Waals surface area contributed by atoms with Gasteiger partial charge in [-0.25, -0.2) is 15.0 Å². The molecule has 0 amide bonds. The second kappa shape index (κ2) is 12.2. The minimum absolute atomic E-state index is 0.0470. The molecule has 0 aliphatic carbocycles. The van der Waals surface area contributed by atoms with Crippen LogP contribution in [0.5, 0.6) is 5.75 Å². The summed E-state index contributed by atoms with van der Waals surface area (Å²) < 4.78 is 2.08. The molecule has 48 heavy (non-hydrogen) atoms. The van der Waals surface area contributed by atoms with Gasteiger partial charge in [-0.05, 0) is 79.9 Å². The van der Waals surface area contributed by atoms with Crippen LogP contribution in [0.25, 0.3) is 39.5 Å². The first kappa shape index (κ1) is 29.8. The summed E-state index contributed by atoms with van der Waals surface area (Å²) in [4.78, 5) is 30.5. The number of hydrogen-bond acceptors (Lipinski definition) is 8. The predicted molar refractivity (Wildman–Crippen MR) is 189 cm³/mol. The van der Waals surface area contributed by atoms with E-state index in [0.717, 1.165) is 84.9 Å². The van der Waals surface area contributed by atoms with Gasteiger partial charge in [-0.2, -0.15) is 0 Å². The highest BCUT2D eigenvalue weighted by molar-refractivity contribution is 5.84. The van der Waals surface area contributed by atoms with Gasteiger partial charge in [0.15, 0.2) is 17.8 Å². The Morgan fingerprint density at radius 3 is 2.48 bits per heavy atom. The number of nitrogens with two attached hydrogens (primary N) is 1. The van der Waals surface area contributed by atoms with Crippen LogP contribution < -0.4 is 10.6 Å². The van der Waals surface area contributed by atoms with Crippen molar-refractivity contribution in [1.82, 2.24) is 24.4 Å². The molecule has 2 fully saturated rings. The standard InChI is InChI=1S/C39H37N7O2/c40-36-32(8-4-19-41-36)37-43-34-16-15-33(28-6-2-1-3-7-28)42-38(34)46(37)30-12-9-27(10-13-30)23-44-21-18-39(25-44)17-5-20-45(26-39)31-14-11-29(24-47)35(48)22-31/h1-4,6-16,19,22,24,48H,5,17-18,20-21,23,25-26H2,(H2,40,41). The number of phenols is 1. The number of nitrogen functional groups attached to an aromatic ring is 1. The Balaban J connectivity index is 1.05. The maximum atomic E-state index is 11.2. The van der Waals surface area contributed by atoms with Crippen LogP contribution in [-0.4, -0.2) is 62.0 Å². The summed E-state index contributed by atoms with van der Waals surface area (Å²) in [7, 11) is 0. The van der Waals surface area contributed by atoms with Crippen molar-refractivity contribution in [2.24, 2.45) is 5.41 Å². The topological polar surface area (TPSA) is 113 Å². The number of aromatic nitrogens is 4. The maximum Gasteiger partial charge on any atom is 0.165 e. The molecule has 0 radical (unpaired) electrons. The number of aldehydes is 1. The molecule has 6 aromatic rings. The molecule has 9 heteroatoms. The van der Waals surface area contributed by atoms with Crippen molar-refractivity contribution >= 4 is 29.0 Å². The quantitative estimate of drug-likeness (QED) is 0.186. The number of piperidine rings is 1. The highest BCUT2D eigenvalue weighted by atomic mass is 16.3. The van der Waals surface area contributed by atoms with Gasteiger partial charge in [-0.1, -0.05) is 42.5 Å². The molecule has 3 N–H and O–H groups in total. The van der Waals surface area contributed by atoms with Gasteiger partial charge in [0.25, 0.3) is 0 Å². The third kappa shape index (κ3) is 5.56. The molecular formula is C39H37N7O2. The fourth-order valence-corrected chi connectivity index (χ4v) is 7.52. The molecule has 3 aromatic heterocycles.